The van der Waals surface area contributed by atoms with Gasteiger partial charge in [-0.15, -0.1) is 36.2 Å². The van der Waals surface area contributed by atoms with Crippen LogP contribution in [0.25, 0.3) is 10.6 Å². The first kappa shape index (κ1) is 25.9. The Hall–Kier alpha value is -1.14. The fourth-order valence-corrected chi connectivity index (χ4v) is 5.06. The van der Waals surface area contributed by atoms with Crippen LogP contribution in [0.1, 0.15) is 49.7 Å². The zero-order valence-corrected chi connectivity index (χ0v) is 20.1. The largest absolute Gasteiger partial charge is 0.338 e. The lowest BCUT2D eigenvalue weighted by atomic mass is 9.84. The SMILES string of the molecule is Cc1nc(-c2ccccc2)sc1C(C)N(C)C(=O)CC(C)C1CCNCC1.Cl.Cl. The molecule has 1 aromatic heterocycles. The van der Waals surface area contributed by atoms with Crippen molar-refractivity contribution in [2.45, 2.75) is 46.1 Å². The lowest BCUT2D eigenvalue weighted by Gasteiger charge is -2.30. The Bertz CT molecular complexity index is 763. The van der Waals surface area contributed by atoms with Crippen molar-refractivity contribution in [2.75, 3.05) is 20.1 Å². The average molecular weight is 458 g/mol. The van der Waals surface area contributed by atoms with Crippen LogP contribution in [0, 0.1) is 18.8 Å². The van der Waals surface area contributed by atoms with Gasteiger partial charge in [0.1, 0.15) is 5.01 Å². The predicted molar refractivity (Wildman–Crippen MR) is 127 cm³/mol. The lowest BCUT2D eigenvalue weighted by Crippen LogP contribution is -2.35. The maximum Gasteiger partial charge on any atom is 0.223 e. The molecule has 1 amide bonds. The number of amides is 1. The molecule has 1 aromatic carbocycles. The number of halogens is 2. The summed E-state index contributed by atoms with van der Waals surface area (Å²) >= 11 is 1.70. The van der Waals surface area contributed by atoms with Gasteiger partial charge in [0.2, 0.25) is 5.91 Å². The quantitative estimate of drug-likeness (QED) is 0.621. The molecule has 29 heavy (non-hydrogen) atoms. The van der Waals surface area contributed by atoms with E-state index in [1.54, 1.807) is 11.3 Å². The van der Waals surface area contributed by atoms with Crippen LogP contribution in [-0.2, 0) is 4.79 Å². The summed E-state index contributed by atoms with van der Waals surface area (Å²) in [5.74, 6) is 1.34. The Morgan fingerprint density at radius 1 is 1.21 bits per heavy atom. The molecule has 7 heteroatoms. The molecule has 3 rings (SSSR count). The highest BCUT2D eigenvalue weighted by Gasteiger charge is 2.27. The van der Waals surface area contributed by atoms with Crippen LogP contribution < -0.4 is 5.32 Å². The first-order valence-corrected chi connectivity index (χ1v) is 10.8. The Morgan fingerprint density at radius 2 is 1.83 bits per heavy atom. The fourth-order valence-electron chi connectivity index (χ4n) is 3.89. The van der Waals surface area contributed by atoms with Gasteiger partial charge in [-0.25, -0.2) is 4.98 Å². The van der Waals surface area contributed by atoms with E-state index in [1.165, 1.54) is 17.7 Å². The number of thiazole rings is 1. The number of nitrogens with zero attached hydrogens (tertiary/aromatic N) is 2. The van der Waals surface area contributed by atoms with Gasteiger partial charge in [0.05, 0.1) is 16.6 Å². The summed E-state index contributed by atoms with van der Waals surface area (Å²) in [5.41, 5.74) is 2.16. The molecule has 1 fully saturated rings. The van der Waals surface area contributed by atoms with Gasteiger partial charge in [-0.1, -0.05) is 37.3 Å². The molecule has 0 bridgehead atoms. The number of aryl methyl sites for hydroxylation is 1. The van der Waals surface area contributed by atoms with Crippen molar-refractivity contribution in [1.29, 1.82) is 0 Å². The number of rotatable bonds is 6. The summed E-state index contributed by atoms with van der Waals surface area (Å²) in [6.07, 6.45) is 3.00. The molecule has 1 aliphatic rings. The zero-order chi connectivity index (χ0) is 19.4. The molecule has 4 nitrogen and oxygen atoms in total. The van der Waals surface area contributed by atoms with Gasteiger partial charge in [-0.3, -0.25) is 4.79 Å². The van der Waals surface area contributed by atoms with Gasteiger partial charge in [-0.05, 0) is 51.6 Å². The topological polar surface area (TPSA) is 45.2 Å². The molecule has 0 aliphatic carbocycles. The van der Waals surface area contributed by atoms with E-state index in [1.807, 2.05) is 37.1 Å². The highest BCUT2D eigenvalue weighted by Crippen LogP contribution is 2.34. The molecule has 0 spiro atoms. The van der Waals surface area contributed by atoms with Crippen molar-refractivity contribution >= 4 is 42.1 Å². The van der Waals surface area contributed by atoms with Crippen LogP contribution >= 0.6 is 36.2 Å². The molecule has 2 atom stereocenters. The maximum absolute atomic E-state index is 12.9. The van der Waals surface area contributed by atoms with Crippen LogP contribution in [0.3, 0.4) is 0 Å². The Morgan fingerprint density at radius 3 is 2.45 bits per heavy atom. The van der Waals surface area contributed by atoms with E-state index >= 15 is 0 Å². The minimum atomic E-state index is 0. The first-order valence-electron chi connectivity index (χ1n) is 9.96. The van der Waals surface area contributed by atoms with E-state index in [-0.39, 0.29) is 36.8 Å². The van der Waals surface area contributed by atoms with Crippen molar-refractivity contribution in [3.63, 3.8) is 0 Å². The average Bonchev–Trinajstić information content (AvgIpc) is 3.09. The number of benzene rings is 1. The molecule has 1 aliphatic heterocycles. The highest BCUT2D eigenvalue weighted by molar-refractivity contribution is 7.15. The number of hydrogen-bond acceptors (Lipinski definition) is 4. The molecular formula is C22H33Cl2N3OS. The number of piperidine rings is 1. The summed E-state index contributed by atoms with van der Waals surface area (Å²) in [7, 11) is 1.93. The zero-order valence-electron chi connectivity index (χ0n) is 17.7. The van der Waals surface area contributed by atoms with Gasteiger partial charge in [0, 0.05) is 19.0 Å². The highest BCUT2D eigenvalue weighted by atomic mass is 35.5. The Kier molecular flexibility index (Phi) is 10.6. The number of carbonyl (C=O) groups excluding carboxylic acids is 1. The second kappa shape index (κ2) is 11.9. The molecule has 1 N–H and O–H groups in total. The summed E-state index contributed by atoms with van der Waals surface area (Å²) in [4.78, 5) is 20.7. The van der Waals surface area contributed by atoms with Crippen molar-refractivity contribution in [3.8, 4) is 10.6 Å². The lowest BCUT2D eigenvalue weighted by molar-refractivity contribution is -0.133. The third-order valence-electron chi connectivity index (χ3n) is 5.89. The molecule has 0 saturated carbocycles. The molecule has 2 unspecified atom stereocenters. The van der Waals surface area contributed by atoms with Gasteiger partial charge in [0.25, 0.3) is 0 Å². The Labute approximate surface area is 191 Å². The van der Waals surface area contributed by atoms with E-state index in [0.717, 1.165) is 29.4 Å². The van der Waals surface area contributed by atoms with E-state index in [4.69, 9.17) is 4.98 Å². The summed E-state index contributed by atoms with van der Waals surface area (Å²) < 4.78 is 0. The molecule has 0 radical (unpaired) electrons. The van der Waals surface area contributed by atoms with E-state index in [2.05, 4.69) is 31.3 Å². The van der Waals surface area contributed by atoms with Gasteiger partial charge in [-0.2, -0.15) is 0 Å². The van der Waals surface area contributed by atoms with Crippen molar-refractivity contribution in [1.82, 2.24) is 15.2 Å². The monoisotopic (exact) mass is 457 g/mol. The number of hydrogen-bond donors (Lipinski definition) is 1. The smallest absolute Gasteiger partial charge is 0.223 e. The van der Waals surface area contributed by atoms with Crippen molar-refractivity contribution in [2.24, 2.45) is 11.8 Å². The second-order valence-corrected chi connectivity index (χ2v) is 8.81. The van der Waals surface area contributed by atoms with Gasteiger partial charge < -0.3 is 10.2 Å². The fraction of sp³-hybridized carbons (Fsp3) is 0.545. The van der Waals surface area contributed by atoms with E-state index in [9.17, 15) is 4.79 Å². The number of carbonyl (C=O) groups is 1. The third-order valence-corrected chi connectivity index (χ3v) is 7.27. The number of aromatic nitrogens is 1. The normalized spacial score (nSPS) is 16.3. The Balaban J connectivity index is 0.00000210. The summed E-state index contributed by atoms with van der Waals surface area (Å²) in [5, 5.41) is 4.43. The molecule has 2 heterocycles. The minimum absolute atomic E-state index is 0. The molecule has 2 aromatic rings. The first-order chi connectivity index (χ1) is 13.0. The number of nitrogens with one attached hydrogen (secondary N) is 1. The van der Waals surface area contributed by atoms with Crippen LogP contribution in [0.15, 0.2) is 30.3 Å². The van der Waals surface area contributed by atoms with Gasteiger partial charge >= 0.3 is 0 Å². The van der Waals surface area contributed by atoms with Crippen LogP contribution in [0.4, 0.5) is 0 Å². The van der Waals surface area contributed by atoms with Crippen molar-refractivity contribution in [3.05, 3.63) is 40.9 Å². The van der Waals surface area contributed by atoms with Crippen molar-refractivity contribution < 1.29 is 4.79 Å². The van der Waals surface area contributed by atoms with E-state index < -0.39 is 0 Å². The minimum Gasteiger partial charge on any atom is -0.338 e. The predicted octanol–water partition coefficient (Wildman–Crippen LogP) is 5.51. The van der Waals surface area contributed by atoms with Crippen LogP contribution in [0.5, 0.6) is 0 Å². The third kappa shape index (κ3) is 6.42. The maximum atomic E-state index is 12.9. The molecule has 162 valence electrons. The molecular weight excluding hydrogens is 425 g/mol. The van der Waals surface area contributed by atoms with Crippen LogP contribution in [0.2, 0.25) is 0 Å². The molecule has 1 saturated heterocycles. The van der Waals surface area contributed by atoms with Gasteiger partial charge in [0.15, 0.2) is 0 Å². The second-order valence-electron chi connectivity index (χ2n) is 7.78. The standard InChI is InChI=1S/C22H31N3OS.2ClH/c1-15(18-10-12-23-13-11-18)14-20(26)25(4)17(3)21-16(2)24-22(27-21)19-8-6-5-7-9-19;;/h5-9,15,17-18,23H,10-14H2,1-4H3;2*1H. The van der Waals surface area contributed by atoms with Crippen LogP contribution in [-0.4, -0.2) is 35.9 Å². The summed E-state index contributed by atoms with van der Waals surface area (Å²) in [6.45, 7) is 8.56. The summed E-state index contributed by atoms with van der Waals surface area (Å²) in [6, 6.07) is 10.3. The van der Waals surface area contributed by atoms with E-state index in [0.29, 0.717) is 18.3 Å².